The molecule has 6 heteroatoms. The fourth-order valence-electron chi connectivity index (χ4n) is 1.17. The molecule has 0 aromatic carbocycles. The highest BCUT2D eigenvalue weighted by molar-refractivity contribution is 5.89. The number of carbonyl (C=O) groups is 1. The summed E-state index contributed by atoms with van der Waals surface area (Å²) < 4.78 is 0. The van der Waals surface area contributed by atoms with Crippen molar-refractivity contribution in [3.63, 3.8) is 0 Å². The molecule has 0 spiro atoms. The number of aryl methyl sites for hydroxylation is 1. The molecule has 5 nitrogen and oxygen atoms in total. The summed E-state index contributed by atoms with van der Waals surface area (Å²) in [6, 6.07) is 1.04. The summed E-state index contributed by atoms with van der Waals surface area (Å²) in [6.07, 6.45) is 0. The maximum Gasteiger partial charge on any atom is 0.336 e. The number of hydrogen-bond donors (Lipinski definition) is 3. The molecule has 1 aromatic heterocycles. The van der Waals surface area contributed by atoms with E-state index in [1.54, 1.807) is 6.92 Å². The van der Waals surface area contributed by atoms with Gasteiger partial charge >= 0.3 is 5.97 Å². The molecule has 0 fully saturated rings. The maximum atomic E-state index is 10.9. The molecule has 0 aliphatic carbocycles. The van der Waals surface area contributed by atoms with Gasteiger partial charge in [0.2, 0.25) is 5.56 Å². The summed E-state index contributed by atoms with van der Waals surface area (Å²) in [7, 11) is 0. The van der Waals surface area contributed by atoms with Crippen molar-refractivity contribution >= 4 is 18.4 Å². The predicted molar refractivity (Wildman–Crippen MR) is 53.9 cm³/mol. The summed E-state index contributed by atoms with van der Waals surface area (Å²) in [5.74, 6) is -1.13. The minimum Gasteiger partial charge on any atom is -0.478 e. The van der Waals surface area contributed by atoms with Crippen molar-refractivity contribution in [3.8, 4) is 0 Å². The number of H-pyrrole nitrogens is 1. The molecular weight excluding hydrogens is 208 g/mol. The zero-order valence-electron chi connectivity index (χ0n) is 7.53. The van der Waals surface area contributed by atoms with E-state index >= 15 is 0 Å². The molecular formula is C8H11ClN2O3. The highest BCUT2D eigenvalue weighted by atomic mass is 35.5. The zero-order valence-corrected chi connectivity index (χ0v) is 8.35. The molecule has 4 N–H and O–H groups in total. The average Bonchev–Trinajstić information content (AvgIpc) is 2.02. The lowest BCUT2D eigenvalue weighted by atomic mass is 10.1. The first-order valence-corrected chi connectivity index (χ1v) is 3.72. The number of aromatic amines is 1. The Morgan fingerprint density at radius 1 is 1.64 bits per heavy atom. The number of nitrogens with two attached hydrogens (primary N) is 1. The minimum absolute atomic E-state index is 0. The standard InChI is InChI=1S/C8H10N2O3.ClH/c1-4-6(3-9)5(8(12)13)2-7(11)10-4;/h2H,3,9H2,1H3,(H,10,11)(H,12,13);1H. The number of halogens is 1. The number of carboxylic acids is 1. The van der Waals surface area contributed by atoms with E-state index in [9.17, 15) is 9.59 Å². The van der Waals surface area contributed by atoms with Crippen LogP contribution in [0, 0.1) is 6.92 Å². The second kappa shape index (κ2) is 4.78. The van der Waals surface area contributed by atoms with Gasteiger partial charge in [0.15, 0.2) is 0 Å². The van der Waals surface area contributed by atoms with E-state index < -0.39 is 11.5 Å². The monoisotopic (exact) mass is 218 g/mol. The average molecular weight is 219 g/mol. The Morgan fingerprint density at radius 3 is 2.64 bits per heavy atom. The zero-order chi connectivity index (χ0) is 10.0. The van der Waals surface area contributed by atoms with Crippen LogP contribution < -0.4 is 11.3 Å². The number of rotatable bonds is 2. The van der Waals surface area contributed by atoms with E-state index in [0.29, 0.717) is 11.3 Å². The highest BCUT2D eigenvalue weighted by Crippen LogP contribution is 2.08. The third kappa shape index (κ3) is 2.34. The molecule has 0 bridgehead atoms. The lowest BCUT2D eigenvalue weighted by Gasteiger charge is -2.05. The molecule has 1 heterocycles. The second-order valence-electron chi connectivity index (χ2n) is 2.66. The van der Waals surface area contributed by atoms with Gasteiger partial charge in [0.1, 0.15) is 0 Å². The van der Waals surface area contributed by atoms with Crippen LogP contribution >= 0.6 is 12.4 Å². The van der Waals surface area contributed by atoms with Crippen LogP contribution in [0.5, 0.6) is 0 Å². The number of aromatic carboxylic acids is 1. The first kappa shape index (κ1) is 12.7. The van der Waals surface area contributed by atoms with Gasteiger partial charge in [-0.1, -0.05) is 0 Å². The van der Waals surface area contributed by atoms with E-state index in [0.717, 1.165) is 6.07 Å². The van der Waals surface area contributed by atoms with Crippen LogP contribution in [0.25, 0.3) is 0 Å². The van der Waals surface area contributed by atoms with E-state index in [4.69, 9.17) is 10.8 Å². The van der Waals surface area contributed by atoms with Gasteiger partial charge < -0.3 is 15.8 Å². The van der Waals surface area contributed by atoms with E-state index in [-0.39, 0.29) is 24.5 Å². The van der Waals surface area contributed by atoms with E-state index in [1.807, 2.05) is 0 Å². The van der Waals surface area contributed by atoms with E-state index in [1.165, 1.54) is 0 Å². The molecule has 0 unspecified atom stereocenters. The van der Waals surface area contributed by atoms with Gasteiger partial charge in [0, 0.05) is 18.3 Å². The van der Waals surface area contributed by atoms with Crippen molar-refractivity contribution in [3.05, 3.63) is 33.2 Å². The van der Waals surface area contributed by atoms with Crippen LogP contribution in [0.1, 0.15) is 21.6 Å². The molecule has 14 heavy (non-hydrogen) atoms. The van der Waals surface area contributed by atoms with Crippen LogP contribution in [0.3, 0.4) is 0 Å². The Bertz CT molecular complexity index is 400. The maximum absolute atomic E-state index is 10.9. The Labute approximate surface area is 86.4 Å². The summed E-state index contributed by atoms with van der Waals surface area (Å²) in [4.78, 5) is 24.1. The number of hydrogen-bond acceptors (Lipinski definition) is 3. The van der Waals surface area contributed by atoms with Gasteiger partial charge in [-0.3, -0.25) is 4.79 Å². The third-order valence-electron chi connectivity index (χ3n) is 1.80. The molecule has 1 aromatic rings. The molecule has 0 radical (unpaired) electrons. The molecule has 0 saturated carbocycles. The van der Waals surface area contributed by atoms with Crippen molar-refractivity contribution in [1.29, 1.82) is 0 Å². The Kier molecular flexibility index (Phi) is 4.33. The molecule has 0 atom stereocenters. The van der Waals surface area contributed by atoms with Crippen LogP contribution in [0.15, 0.2) is 10.9 Å². The van der Waals surface area contributed by atoms with E-state index in [2.05, 4.69) is 4.98 Å². The number of nitrogens with one attached hydrogen (secondary N) is 1. The first-order valence-electron chi connectivity index (χ1n) is 3.72. The molecule has 0 aliphatic heterocycles. The topological polar surface area (TPSA) is 96.2 Å². The van der Waals surface area contributed by atoms with Crippen molar-refractivity contribution in [1.82, 2.24) is 4.98 Å². The minimum atomic E-state index is -1.13. The lowest BCUT2D eigenvalue weighted by Crippen LogP contribution is -2.17. The van der Waals surface area contributed by atoms with Crippen molar-refractivity contribution in [2.75, 3.05) is 0 Å². The normalized spacial score (nSPS) is 9.29. The SMILES string of the molecule is Cc1[nH]c(=O)cc(C(=O)O)c1CN.Cl. The number of aromatic nitrogens is 1. The fourth-order valence-corrected chi connectivity index (χ4v) is 1.17. The van der Waals surface area contributed by atoms with Gasteiger partial charge in [-0.15, -0.1) is 12.4 Å². The van der Waals surface area contributed by atoms with Gasteiger partial charge in [-0.2, -0.15) is 0 Å². The molecule has 0 amide bonds. The van der Waals surface area contributed by atoms with Gasteiger partial charge in [0.05, 0.1) is 5.56 Å². The largest absolute Gasteiger partial charge is 0.478 e. The summed E-state index contributed by atoms with van der Waals surface area (Å²) in [5, 5.41) is 8.74. The summed E-state index contributed by atoms with van der Waals surface area (Å²) in [5.41, 5.74) is 5.88. The smallest absolute Gasteiger partial charge is 0.336 e. The lowest BCUT2D eigenvalue weighted by molar-refractivity contribution is 0.0695. The summed E-state index contributed by atoms with van der Waals surface area (Å²) >= 11 is 0. The second-order valence-corrected chi connectivity index (χ2v) is 2.66. The Hall–Kier alpha value is -1.33. The van der Waals surface area contributed by atoms with Gasteiger partial charge in [-0.25, -0.2) is 4.79 Å². The van der Waals surface area contributed by atoms with Crippen LogP contribution in [-0.2, 0) is 6.54 Å². The number of pyridine rings is 1. The Morgan fingerprint density at radius 2 is 2.21 bits per heavy atom. The third-order valence-corrected chi connectivity index (χ3v) is 1.80. The van der Waals surface area contributed by atoms with Gasteiger partial charge in [-0.05, 0) is 12.5 Å². The molecule has 0 aliphatic rings. The number of carboxylic acid groups (broad SMARTS) is 1. The fraction of sp³-hybridized carbons (Fsp3) is 0.250. The van der Waals surface area contributed by atoms with Crippen LogP contribution in [-0.4, -0.2) is 16.1 Å². The van der Waals surface area contributed by atoms with Crippen molar-refractivity contribution in [2.24, 2.45) is 5.73 Å². The van der Waals surface area contributed by atoms with Crippen molar-refractivity contribution < 1.29 is 9.90 Å². The predicted octanol–water partition coefficient (Wildman–Crippen LogP) is 0.262. The molecule has 0 saturated heterocycles. The first-order chi connectivity index (χ1) is 6.06. The summed E-state index contributed by atoms with van der Waals surface area (Å²) in [6.45, 7) is 1.72. The Balaban J connectivity index is 0.00000169. The quantitative estimate of drug-likeness (QED) is 0.664. The molecule has 1 rings (SSSR count). The van der Waals surface area contributed by atoms with Crippen LogP contribution in [0.4, 0.5) is 0 Å². The van der Waals surface area contributed by atoms with Gasteiger partial charge in [0.25, 0.3) is 0 Å². The van der Waals surface area contributed by atoms with Crippen LogP contribution in [0.2, 0.25) is 0 Å². The highest BCUT2D eigenvalue weighted by Gasteiger charge is 2.12. The molecule has 78 valence electrons. The van der Waals surface area contributed by atoms with Crippen molar-refractivity contribution in [2.45, 2.75) is 13.5 Å².